The van der Waals surface area contributed by atoms with Crippen LogP contribution in [0.25, 0.3) is 0 Å². The summed E-state index contributed by atoms with van der Waals surface area (Å²) in [6.07, 6.45) is 0.0985. The third-order valence-corrected chi connectivity index (χ3v) is 2.91. The van der Waals surface area contributed by atoms with E-state index in [1.54, 1.807) is 13.8 Å². The Balaban J connectivity index is 2.69. The van der Waals surface area contributed by atoms with Crippen molar-refractivity contribution in [2.45, 2.75) is 39.2 Å². The van der Waals surface area contributed by atoms with E-state index in [1.807, 2.05) is 0 Å². The number of carbonyl (C=O) groups is 2. The first-order valence-electron chi connectivity index (χ1n) is 6.37. The molecule has 1 aromatic rings. The molecule has 2 amide bonds. The number of rotatable bonds is 5. The molecule has 0 aliphatic rings. The molecule has 0 fully saturated rings. The summed E-state index contributed by atoms with van der Waals surface area (Å²) in [7, 11) is 0. The Labute approximate surface area is 121 Å². The second kappa shape index (κ2) is 6.51. The van der Waals surface area contributed by atoms with Gasteiger partial charge in [0, 0.05) is 18.0 Å². The molecule has 0 saturated carbocycles. The van der Waals surface area contributed by atoms with Crippen molar-refractivity contribution in [1.29, 1.82) is 0 Å². The minimum absolute atomic E-state index is 0.110. The van der Waals surface area contributed by atoms with Crippen LogP contribution in [0.5, 0.6) is 0 Å². The Morgan fingerprint density at radius 1 is 1.24 bits per heavy atom. The summed E-state index contributed by atoms with van der Waals surface area (Å²) in [6, 6.07) is 1.15. The van der Waals surface area contributed by atoms with Gasteiger partial charge in [-0.15, -0.1) is 0 Å². The number of anilines is 1. The standard InChI is InChI=1S/C14H18F2N2O3/c1-8-6-10(16)11(7-9(8)15)17-13(21)18-14(2,3)5-4-12(19)20/h6-7H,4-5H2,1-3H3,(H,19,20)(H2,17,18,21). The fourth-order valence-electron chi connectivity index (χ4n) is 1.68. The molecule has 0 aliphatic carbocycles. The average Bonchev–Trinajstić information content (AvgIpc) is 2.33. The highest BCUT2D eigenvalue weighted by Crippen LogP contribution is 2.19. The second-order valence-electron chi connectivity index (χ2n) is 5.44. The van der Waals surface area contributed by atoms with Crippen LogP contribution in [0.3, 0.4) is 0 Å². The van der Waals surface area contributed by atoms with Gasteiger partial charge < -0.3 is 15.7 Å². The second-order valence-corrected chi connectivity index (χ2v) is 5.44. The topological polar surface area (TPSA) is 78.4 Å². The van der Waals surface area contributed by atoms with Gasteiger partial charge in [0.25, 0.3) is 0 Å². The fourth-order valence-corrected chi connectivity index (χ4v) is 1.68. The SMILES string of the molecule is Cc1cc(F)c(NC(=O)NC(C)(C)CCC(=O)O)cc1F. The highest BCUT2D eigenvalue weighted by atomic mass is 19.1. The van der Waals surface area contributed by atoms with Gasteiger partial charge in [0.1, 0.15) is 11.6 Å². The maximum atomic E-state index is 13.6. The van der Waals surface area contributed by atoms with Crippen LogP contribution in [-0.2, 0) is 4.79 Å². The molecule has 1 rings (SSSR count). The summed E-state index contributed by atoms with van der Waals surface area (Å²) in [4.78, 5) is 22.3. The molecule has 5 nitrogen and oxygen atoms in total. The molecule has 0 saturated heterocycles. The van der Waals surface area contributed by atoms with Crippen LogP contribution in [0.4, 0.5) is 19.3 Å². The van der Waals surface area contributed by atoms with E-state index in [9.17, 15) is 18.4 Å². The van der Waals surface area contributed by atoms with Crippen molar-refractivity contribution >= 4 is 17.7 Å². The summed E-state index contributed by atoms with van der Waals surface area (Å²) in [6.45, 7) is 4.69. The minimum atomic E-state index is -0.975. The monoisotopic (exact) mass is 300 g/mol. The first-order valence-corrected chi connectivity index (χ1v) is 6.37. The normalized spacial score (nSPS) is 11.1. The van der Waals surface area contributed by atoms with E-state index in [-0.39, 0.29) is 24.1 Å². The molecular formula is C14H18F2N2O3. The number of hydrogen-bond donors (Lipinski definition) is 3. The Morgan fingerprint density at radius 2 is 1.86 bits per heavy atom. The van der Waals surface area contributed by atoms with Crippen molar-refractivity contribution in [3.63, 3.8) is 0 Å². The minimum Gasteiger partial charge on any atom is -0.481 e. The van der Waals surface area contributed by atoms with Crippen LogP contribution in [-0.4, -0.2) is 22.6 Å². The highest BCUT2D eigenvalue weighted by molar-refractivity contribution is 5.89. The van der Waals surface area contributed by atoms with Gasteiger partial charge in [-0.1, -0.05) is 0 Å². The van der Waals surface area contributed by atoms with E-state index >= 15 is 0 Å². The Kier molecular flexibility index (Phi) is 5.23. The molecule has 116 valence electrons. The number of carboxylic acids is 1. The zero-order chi connectivity index (χ0) is 16.2. The predicted octanol–water partition coefficient (Wildman–Crippen LogP) is 3.04. The lowest BCUT2D eigenvalue weighted by Crippen LogP contribution is -2.45. The van der Waals surface area contributed by atoms with Gasteiger partial charge in [0.05, 0.1) is 5.69 Å². The molecule has 0 radical (unpaired) electrons. The van der Waals surface area contributed by atoms with E-state index in [0.717, 1.165) is 12.1 Å². The quantitative estimate of drug-likeness (QED) is 0.782. The lowest BCUT2D eigenvalue weighted by atomic mass is 9.99. The van der Waals surface area contributed by atoms with Gasteiger partial charge >= 0.3 is 12.0 Å². The number of amides is 2. The molecule has 3 N–H and O–H groups in total. The van der Waals surface area contributed by atoms with Crippen LogP contribution in [0, 0.1) is 18.6 Å². The summed E-state index contributed by atoms with van der Waals surface area (Å²) < 4.78 is 26.9. The van der Waals surface area contributed by atoms with Crippen molar-refractivity contribution < 1.29 is 23.5 Å². The number of hydrogen-bond acceptors (Lipinski definition) is 2. The number of nitrogens with one attached hydrogen (secondary N) is 2. The Bertz CT molecular complexity index is 559. The number of carboxylic acid groups (broad SMARTS) is 1. The van der Waals surface area contributed by atoms with Gasteiger partial charge in [-0.3, -0.25) is 4.79 Å². The van der Waals surface area contributed by atoms with Gasteiger partial charge in [0.15, 0.2) is 0 Å². The van der Waals surface area contributed by atoms with Crippen molar-refractivity contribution in [3.8, 4) is 0 Å². The molecule has 0 unspecified atom stereocenters. The molecule has 0 bridgehead atoms. The molecule has 0 aromatic heterocycles. The predicted molar refractivity (Wildman–Crippen MR) is 74.2 cm³/mol. The Morgan fingerprint density at radius 3 is 2.43 bits per heavy atom. The summed E-state index contributed by atoms with van der Waals surface area (Å²) >= 11 is 0. The molecule has 7 heteroatoms. The summed E-state index contributed by atoms with van der Waals surface area (Å²) in [5, 5.41) is 13.3. The van der Waals surface area contributed by atoms with E-state index in [0.29, 0.717) is 0 Å². The fraction of sp³-hybridized carbons (Fsp3) is 0.429. The number of urea groups is 1. The third-order valence-electron chi connectivity index (χ3n) is 2.91. The summed E-state index contributed by atoms with van der Waals surface area (Å²) in [5.74, 6) is -2.35. The molecule has 0 aliphatic heterocycles. The van der Waals surface area contributed by atoms with Crippen LogP contribution in [0.2, 0.25) is 0 Å². The zero-order valence-corrected chi connectivity index (χ0v) is 12.1. The smallest absolute Gasteiger partial charge is 0.319 e. The van der Waals surface area contributed by atoms with Crippen molar-refractivity contribution in [2.75, 3.05) is 5.32 Å². The number of benzene rings is 1. The van der Waals surface area contributed by atoms with Gasteiger partial charge in [-0.05, 0) is 38.8 Å². The van der Waals surface area contributed by atoms with Crippen LogP contribution < -0.4 is 10.6 Å². The number of halogens is 2. The number of aryl methyl sites for hydroxylation is 1. The van der Waals surface area contributed by atoms with Gasteiger partial charge in [0.2, 0.25) is 0 Å². The Hall–Kier alpha value is -2.18. The van der Waals surface area contributed by atoms with Crippen LogP contribution >= 0.6 is 0 Å². The molecular weight excluding hydrogens is 282 g/mol. The zero-order valence-electron chi connectivity index (χ0n) is 12.1. The first-order chi connectivity index (χ1) is 9.60. The molecule has 21 heavy (non-hydrogen) atoms. The summed E-state index contributed by atoms with van der Waals surface area (Å²) in [5.41, 5.74) is -0.924. The maximum Gasteiger partial charge on any atom is 0.319 e. The van der Waals surface area contributed by atoms with Crippen molar-refractivity contribution in [2.24, 2.45) is 0 Å². The lowest BCUT2D eigenvalue weighted by molar-refractivity contribution is -0.137. The number of carbonyl (C=O) groups excluding carboxylic acids is 1. The number of aliphatic carboxylic acids is 1. The largest absolute Gasteiger partial charge is 0.481 e. The highest BCUT2D eigenvalue weighted by Gasteiger charge is 2.22. The van der Waals surface area contributed by atoms with Gasteiger partial charge in [-0.2, -0.15) is 0 Å². The molecule has 1 aromatic carbocycles. The first kappa shape index (κ1) is 16.9. The molecule has 0 atom stereocenters. The lowest BCUT2D eigenvalue weighted by Gasteiger charge is -2.25. The molecule has 0 spiro atoms. The van der Waals surface area contributed by atoms with E-state index in [1.165, 1.54) is 6.92 Å². The van der Waals surface area contributed by atoms with E-state index in [4.69, 9.17) is 5.11 Å². The van der Waals surface area contributed by atoms with Crippen LogP contribution in [0.15, 0.2) is 12.1 Å². The third kappa shape index (κ3) is 5.37. The maximum absolute atomic E-state index is 13.6. The van der Waals surface area contributed by atoms with Gasteiger partial charge in [-0.25, -0.2) is 13.6 Å². The van der Waals surface area contributed by atoms with E-state index < -0.39 is 29.2 Å². The van der Waals surface area contributed by atoms with Crippen molar-refractivity contribution in [3.05, 3.63) is 29.3 Å². The molecule has 0 heterocycles. The van der Waals surface area contributed by atoms with Crippen molar-refractivity contribution in [1.82, 2.24) is 5.32 Å². The van der Waals surface area contributed by atoms with E-state index in [2.05, 4.69) is 10.6 Å². The average molecular weight is 300 g/mol. The van der Waals surface area contributed by atoms with Crippen LogP contribution in [0.1, 0.15) is 32.3 Å².